The topological polar surface area (TPSA) is 105 Å². The van der Waals surface area contributed by atoms with E-state index in [1.54, 1.807) is 11.1 Å². The predicted octanol–water partition coefficient (Wildman–Crippen LogP) is 2.46. The molecule has 1 saturated heterocycles. The maximum Gasteiger partial charge on any atom is 0.415 e. The standard InChI is InChI=1S/C20H18N4O4.ClH/c1-12(25)22-10-19-17-11-27-18-8-13(3-5-16(18)24(17)20(26)28-19)14-2-4-15(6-7-21)23-9-14;/h2-5,8-9,17,19H,6,10-11H2,1H3,(H,22,25);1H/t17-,19-;/m0./s1. The molecule has 1 N–H and O–H groups in total. The van der Waals surface area contributed by atoms with E-state index >= 15 is 0 Å². The van der Waals surface area contributed by atoms with Gasteiger partial charge in [0.25, 0.3) is 0 Å². The number of halogens is 1. The number of amides is 2. The van der Waals surface area contributed by atoms with Crippen LogP contribution in [0.3, 0.4) is 0 Å². The summed E-state index contributed by atoms with van der Waals surface area (Å²) in [4.78, 5) is 29.4. The summed E-state index contributed by atoms with van der Waals surface area (Å²) in [7, 11) is 0. The van der Waals surface area contributed by atoms with Crippen LogP contribution in [0, 0.1) is 11.3 Å². The monoisotopic (exact) mass is 414 g/mol. The molecule has 3 heterocycles. The summed E-state index contributed by atoms with van der Waals surface area (Å²) in [6, 6.07) is 11.1. The Morgan fingerprint density at radius 3 is 2.83 bits per heavy atom. The van der Waals surface area contributed by atoms with Crippen molar-refractivity contribution in [1.82, 2.24) is 10.3 Å². The number of cyclic esters (lactones) is 1. The molecule has 0 bridgehead atoms. The molecule has 2 aliphatic rings. The minimum absolute atomic E-state index is 0. The molecule has 0 spiro atoms. The summed E-state index contributed by atoms with van der Waals surface area (Å²) >= 11 is 0. The molecule has 0 aliphatic carbocycles. The van der Waals surface area contributed by atoms with E-state index < -0.39 is 12.2 Å². The van der Waals surface area contributed by atoms with Crippen LogP contribution in [0.4, 0.5) is 10.5 Å². The number of nitrogens with zero attached hydrogens (tertiary/aromatic N) is 3. The van der Waals surface area contributed by atoms with Crippen LogP contribution in [-0.4, -0.2) is 42.3 Å². The van der Waals surface area contributed by atoms with Crippen molar-refractivity contribution in [3.63, 3.8) is 0 Å². The third kappa shape index (κ3) is 3.96. The van der Waals surface area contributed by atoms with Crippen LogP contribution < -0.4 is 15.0 Å². The summed E-state index contributed by atoms with van der Waals surface area (Å²) in [5.41, 5.74) is 3.15. The van der Waals surface area contributed by atoms with E-state index in [1.807, 2.05) is 30.3 Å². The fourth-order valence-corrected chi connectivity index (χ4v) is 3.41. The van der Waals surface area contributed by atoms with Gasteiger partial charge in [0.2, 0.25) is 5.91 Å². The number of rotatable bonds is 4. The van der Waals surface area contributed by atoms with Crippen LogP contribution in [-0.2, 0) is 16.0 Å². The number of hydrogen-bond acceptors (Lipinski definition) is 6. The van der Waals surface area contributed by atoms with E-state index in [9.17, 15) is 9.59 Å². The van der Waals surface area contributed by atoms with E-state index in [2.05, 4.69) is 16.4 Å². The van der Waals surface area contributed by atoms with Crippen LogP contribution in [0.15, 0.2) is 36.5 Å². The zero-order valence-corrected chi connectivity index (χ0v) is 16.4. The van der Waals surface area contributed by atoms with Crippen molar-refractivity contribution >= 4 is 30.1 Å². The largest absolute Gasteiger partial charge is 0.489 e. The van der Waals surface area contributed by atoms with E-state index in [4.69, 9.17) is 14.7 Å². The number of pyridine rings is 1. The number of nitrogens with one attached hydrogen (secondary N) is 1. The lowest BCUT2D eigenvalue weighted by Gasteiger charge is -2.31. The molecule has 4 rings (SSSR count). The highest BCUT2D eigenvalue weighted by Crippen LogP contribution is 2.40. The lowest BCUT2D eigenvalue weighted by Crippen LogP contribution is -2.47. The van der Waals surface area contributed by atoms with Gasteiger partial charge in [0.15, 0.2) is 0 Å². The number of hydrogen-bond donors (Lipinski definition) is 1. The van der Waals surface area contributed by atoms with Gasteiger partial charge in [0.05, 0.1) is 30.4 Å². The maximum absolute atomic E-state index is 12.4. The summed E-state index contributed by atoms with van der Waals surface area (Å²) < 4.78 is 11.3. The van der Waals surface area contributed by atoms with Crippen LogP contribution in [0.1, 0.15) is 12.6 Å². The molecule has 29 heavy (non-hydrogen) atoms. The molecule has 0 unspecified atom stereocenters. The molecule has 1 aromatic carbocycles. The Kier molecular flexibility index (Phi) is 5.89. The summed E-state index contributed by atoms with van der Waals surface area (Å²) in [6.07, 6.45) is 1.08. The minimum atomic E-state index is -0.457. The molecular weight excluding hydrogens is 396 g/mol. The van der Waals surface area contributed by atoms with Crippen molar-refractivity contribution in [2.45, 2.75) is 25.5 Å². The SMILES string of the molecule is CC(=O)NC[C@@H]1OC(=O)N2c3ccc(-c4ccc(CC#N)nc4)cc3OC[C@@H]12.Cl. The van der Waals surface area contributed by atoms with Gasteiger partial charge < -0.3 is 14.8 Å². The van der Waals surface area contributed by atoms with E-state index in [1.165, 1.54) is 6.92 Å². The summed E-state index contributed by atoms with van der Waals surface area (Å²) in [5, 5.41) is 11.4. The molecular formula is C20H19ClN4O4. The first-order valence-electron chi connectivity index (χ1n) is 8.90. The Hall–Kier alpha value is -3.31. The number of carbonyl (C=O) groups excluding carboxylic acids is 2. The number of nitriles is 1. The van der Waals surface area contributed by atoms with Gasteiger partial charge in [-0.15, -0.1) is 12.4 Å². The van der Waals surface area contributed by atoms with Gasteiger partial charge >= 0.3 is 6.09 Å². The second-order valence-electron chi connectivity index (χ2n) is 6.66. The average molecular weight is 415 g/mol. The lowest BCUT2D eigenvalue weighted by atomic mass is 10.0. The predicted molar refractivity (Wildman–Crippen MR) is 107 cm³/mol. The highest BCUT2D eigenvalue weighted by Gasteiger charge is 2.46. The number of fused-ring (bicyclic) bond motifs is 3. The van der Waals surface area contributed by atoms with Crippen molar-refractivity contribution in [2.75, 3.05) is 18.1 Å². The molecule has 9 heteroatoms. The number of aromatic nitrogens is 1. The Balaban J connectivity index is 0.00000240. The number of benzene rings is 1. The minimum Gasteiger partial charge on any atom is -0.489 e. The maximum atomic E-state index is 12.4. The van der Waals surface area contributed by atoms with Crippen molar-refractivity contribution in [3.8, 4) is 22.9 Å². The first-order valence-corrected chi connectivity index (χ1v) is 8.90. The van der Waals surface area contributed by atoms with Gasteiger partial charge in [-0.05, 0) is 23.8 Å². The lowest BCUT2D eigenvalue weighted by molar-refractivity contribution is -0.119. The number of ether oxygens (including phenoxy) is 2. The highest BCUT2D eigenvalue weighted by atomic mass is 35.5. The van der Waals surface area contributed by atoms with Crippen molar-refractivity contribution < 1.29 is 19.1 Å². The Bertz CT molecular complexity index is 973. The molecule has 2 amide bonds. The third-order valence-corrected chi connectivity index (χ3v) is 4.81. The molecule has 2 aromatic rings. The molecule has 1 aromatic heterocycles. The van der Waals surface area contributed by atoms with Gasteiger partial charge in [-0.1, -0.05) is 12.1 Å². The molecule has 0 radical (unpaired) electrons. The Morgan fingerprint density at radius 2 is 2.14 bits per heavy atom. The second kappa shape index (κ2) is 8.37. The first kappa shape index (κ1) is 20.4. The quantitative estimate of drug-likeness (QED) is 0.824. The molecule has 2 aliphatic heterocycles. The normalized spacial score (nSPS) is 19.0. The molecule has 2 atom stereocenters. The van der Waals surface area contributed by atoms with E-state index in [-0.39, 0.29) is 43.9 Å². The van der Waals surface area contributed by atoms with Gasteiger partial charge in [-0.3, -0.25) is 14.7 Å². The Morgan fingerprint density at radius 1 is 1.34 bits per heavy atom. The summed E-state index contributed by atoms with van der Waals surface area (Å²) in [5.74, 6) is 0.414. The molecule has 0 saturated carbocycles. The summed E-state index contributed by atoms with van der Waals surface area (Å²) in [6.45, 7) is 1.95. The van der Waals surface area contributed by atoms with Crippen LogP contribution in [0.2, 0.25) is 0 Å². The van der Waals surface area contributed by atoms with Crippen LogP contribution in [0.5, 0.6) is 5.75 Å². The first-order chi connectivity index (χ1) is 13.6. The van der Waals surface area contributed by atoms with E-state index in [0.717, 1.165) is 11.1 Å². The van der Waals surface area contributed by atoms with E-state index in [0.29, 0.717) is 17.1 Å². The van der Waals surface area contributed by atoms with Crippen LogP contribution in [0.25, 0.3) is 11.1 Å². The average Bonchev–Trinajstić information content (AvgIpc) is 3.03. The van der Waals surface area contributed by atoms with Crippen molar-refractivity contribution in [2.24, 2.45) is 0 Å². The fraction of sp³-hybridized carbons (Fsp3) is 0.300. The van der Waals surface area contributed by atoms with Gasteiger partial charge in [0, 0.05) is 18.7 Å². The molecule has 8 nitrogen and oxygen atoms in total. The van der Waals surface area contributed by atoms with Gasteiger partial charge in [0.1, 0.15) is 24.5 Å². The van der Waals surface area contributed by atoms with Gasteiger partial charge in [-0.2, -0.15) is 5.26 Å². The number of anilines is 1. The zero-order valence-electron chi connectivity index (χ0n) is 15.6. The van der Waals surface area contributed by atoms with Crippen molar-refractivity contribution in [1.29, 1.82) is 5.26 Å². The van der Waals surface area contributed by atoms with Crippen molar-refractivity contribution in [3.05, 3.63) is 42.2 Å². The van der Waals surface area contributed by atoms with Gasteiger partial charge in [-0.25, -0.2) is 4.79 Å². The molecule has 150 valence electrons. The second-order valence-corrected chi connectivity index (χ2v) is 6.66. The third-order valence-electron chi connectivity index (χ3n) is 4.81. The molecule has 1 fully saturated rings. The Labute approximate surface area is 173 Å². The fourth-order valence-electron chi connectivity index (χ4n) is 3.41. The van der Waals surface area contributed by atoms with Crippen LogP contribution >= 0.6 is 12.4 Å². The zero-order chi connectivity index (χ0) is 19.7. The highest BCUT2D eigenvalue weighted by molar-refractivity contribution is 5.94. The number of carbonyl (C=O) groups is 2. The smallest absolute Gasteiger partial charge is 0.415 e.